The summed E-state index contributed by atoms with van der Waals surface area (Å²) in [4.78, 5) is 4.84. The lowest BCUT2D eigenvalue weighted by atomic mass is 9.98. The van der Waals surface area contributed by atoms with Gasteiger partial charge in [0.2, 0.25) is 0 Å². The van der Waals surface area contributed by atoms with Crippen molar-refractivity contribution < 1.29 is 0 Å². The molecule has 0 atom stereocenters. The molecule has 0 aliphatic carbocycles. The number of hydrogen-bond donors (Lipinski definition) is 1. The molecule has 0 saturated carbocycles. The summed E-state index contributed by atoms with van der Waals surface area (Å²) in [6.07, 6.45) is 2.01. The molecule has 0 bridgehead atoms. The summed E-state index contributed by atoms with van der Waals surface area (Å²) >= 11 is 0. The number of para-hydroxylation sites is 1. The standard InChI is InChI=1S/C18H18N2/c1-2-8-15-17(19)14-11-6-7-12-16(14)20-18(15)13-9-4-3-5-10-13/h3-7,9-12H,2,8H2,1H3,(H2,19,20). The van der Waals surface area contributed by atoms with Gasteiger partial charge in [0.05, 0.1) is 11.2 Å². The number of nitrogens with two attached hydrogens (primary N) is 1. The number of fused-ring (bicyclic) bond motifs is 1. The molecule has 0 spiro atoms. The van der Waals surface area contributed by atoms with E-state index in [9.17, 15) is 0 Å². The Bertz CT molecular complexity index is 733. The second-order valence-electron chi connectivity index (χ2n) is 4.99. The number of pyridine rings is 1. The van der Waals surface area contributed by atoms with Crippen LogP contribution in [-0.2, 0) is 6.42 Å². The first kappa shape index (κ1) is 12.7. The number of rotatable bonds is 3. The average Bonchev–Trinajstić information content (AvgIpc) is 2.51. The van der Waals surface area contributed by atoms with E-state index in [4.69, 9.17) is 10.7 Å². The minimum Gasteiger partial charge on any atom is -0.398 e. The fraction of sp³-hybridized carbons (Fsp3) is 0.167. The first-order valence-corrected chi connectivity index (χ1v) is 7.03. The molecule has 2 N–H and O–H groups in total. The molecule has 0 fully saturated rings. The molecule has 0 amide bonds. The van der Waals surface area contributed by atoms with E-state index in [-0.39, 0.29) is 0 Å². The van der Waals surface area contributed by atoms with Crippen LogP contribution < -0.4 is 5.73 Å². The SMILES string of the molecule is CCCc1c(-c2ccccc2)nc2ccccc2c1N. The van der Waals surface area contributed by atoms with Gasteiger partial charge in [-0.2, -0.15) is 0 Å². The number of nitrogens with zero attached hydrogens (tertiary/aromatic N) is 1. The Labute approximate surface area is 119 Å². The summed E-state index contributed by atoms with van der Waals surface area (Å²) in [5.41, 5.74) is 11.6. The van der Waals surface area contributed by atoms with Gasteiger partial charge in [-0.1, -0.05) is 61.9 Å². The number of nitrogen functional groups attached to an aromatic ring is 1. The number of anilines is 1. The highest BCUT2D eigenvalue weighted by molar-refractivity contribution is 5.95. The molecule has 3 aromatic rings. The predicted octanol–water partition coefficient (Wildman–Crippen LogP) is 4.44. The Kier molecular flexibility index (Phi) is 3.38. The summed E-state index contributed by atoms with van der Waals surface area (Å²) < 4.78 is 0. The van der Waals surface area contributed by atoms with Gasteiger partial charge < -0.3 is 5.73 Å². The Morgan fingerprint density at radius 3 is 2.40 bits per heavy atom. The molecule has 2 aromatic carbocycles. The van der Waals surface area contributed by atoms with Crippen LogP contribution in [0.15, 0.2) is 54.6 Å². The first-order valence-electron chi connectivity index (χ1n) is 7.03. The van der Waals surface area contributed by atoms with E-state index >= 15 is 0 Å². The molecular formula is C18H18N2. The van der Waals surface area contributed by atoms with Crippen molar-refractivity contribution >= 4 is 16.6 Å². The van der Waals surface area contributed by atoms with Crippen molar-refractivity contribution in [3.63, 3.8) is 0 Å². The molecule has 2 heteroatoms. The van der Waals surface area contributed by atoms with E-state index in [1.807, 2.05) is 42.5 Å². The van der Waals surface area contributed by atoms with Crippen molar-refractivity contribution in [1.29, 1.82) is 0 Å². The van der Waals surface area contributed by atoms with Crippen molar-refractivity contribution in [1.82, 2.24) is 4.98 Å². The summed E-state index contributed by atoms with van der Waals surface area (Å²) in [6, 6.07) is 18.4. The maximum absolute atomic E-state index is 6.40. The summed E-state index contributed by atoms with van der Waals surface area (Å²) in [7, 11) is 0. The molecule has 0 aliphatic rings. The molecule has 1 aromatic heterocycles. The molecule has 0 unspecified atom stereocenters. The van der Waals surface area contributed by atoms with Gasteiger partial charge in [-0.3, -0.25) is 0 Å². The minimum absolute atomic E-state index is 0.872. The van der Waals surface area contributed by atoms with Gasteiger partial charge >= 0.3 is 0 Å². The van der Waals surface area contributed by atoms with Crippen LogP contribution in [0.3, 0.4) is 0 Å². The van der Waals surface area contributed by atoms with E-state index in [0.717, 1.165) is 46.3 Å². The van der Waals surface area contributed by atoms with Crippen LogP contribution in [0.25, 0.3) is 22.2 Å². The molecular weight excluding hydrogens is 244 g/mol. The van der Waals surface area contributed by atoms with Gasteiger partial charge in [-0.15, -0.1) is 0 Å². The van der Waals surface area contributed by atoms with E-state index in [2.05, 4.69) is 19.1 Å². The van der Waals surface area contributed by atoms with Crippen molar-refractivity contribution in [3.8, 4) is 11.3 Å². The molecule has 20 heavy (non-hydrogen) atoms. The Balaban J connectivity index is 2.32. The fourth-order valence-electron chi connectivity index (χ4n) is 2.61. The summed E-state index contributed by atoms with van der Waals surface area (Å²) in [6.45, 7) is 2.17. The van der Waals surface area contributed by atoms with Crippen LogP contribution in [-0.4, -0.2) is 4.98 Å². The molecule has 100 valence electrons. The van der Waals surface area contributed by atoms with Gasteiger partial charge in [0.1, 0.15) is 0 Å². The number of hydrogen-bond acceptors (Lipinski definition) is 2. The zero-order chi connectivity index (χ0) is 13.9. The Hall–Kier alpha value is -2.35. The molecule has 2 nitrogen and oxygen atoms in total. The van der Waals surface area contributed by atoms with E-state index in [0.29, 0.717) is 0 Å². The van der Waals surface area contributed by atoms with Gasteiger partial charge in [0, 0.05) is 22.2 Å². The molecule has 0 aliphatic heterocycles. The highest BCUT2D eigenvalue weighted by Crippen LogP contribution is 2.32. The highest BCUT2D eigenvalue weighted by atomic mass is 14.7. The Morgan fingerprint density at radius 2 is 1.65 bits per heavy atom. The smallest absolute Gasteiger partial charge is 0.0762 e. The van der Waals surface area contributed by atoms with Crippen molar-refractivity contribution in [2.45, 2.75) is 19.8 Å². The molecule has 3 rings (SSSR count). The van der Waals surface area contributed by atoms with Crippen LogP contribution in [0.5, 0.6) is 0 Å². The second kappa shape index (κ2) is 5.33. The normalized spacial score (nSPS) is 10.8. The van der Waals surface area contributed by atoms with Crippen LogP contribution in [0.4, 0.5) is 5.69 Å². The maximum Gasteiger partial charge on any atom is 0.0762 e. The Morgan fingerprint density at radius 1 is 0.950 bits per heavy atom. The monoisotopic (exact) mass is 262 g/mol. The lowest BCUT2D eigenvalue weighted by Gasteiger charge is -2.14. The summed E-state index contributed by atoms with van der Waals surface area (Å²) in [5, 5.41) is 1.05. The largest absolute Gasteiger partial charge is 0.398 e. The topological polar surface area (TPSA) is 38.9 Å². The summed E-state index contributed by atoms with van der Waals surface area (Å²) in [5.74, 6) is 0. The zero-order valence-electron chi connectivity index (χ0n) is 11.6. The quantitative estimate of drug-likeness (QED) is 0.758. The fourth-order valence-corrected chi connectivity index (χ4v) is 2.61. The number of aromatic nitrogens is 1. The zero-order valence-corrected chi connectivity index (χ0v) is 11.6. The van der Waals surface area contributed by atoms with Gasteiger partial charge in [0.15, 0.2) is 0 Å². The van der Waals surface area contributed by atoms with E-state index in [1.54, 1.807) is 0 Å². The van der Waals surface area contributed by atoms with Gasteiger partial charge in [-0.25, -0.2) is 4.98 Å². The van der Waals surface area contributed by atoms with Crippen LogP contribution in [0.2, 0.25) is 0 Å². The molecule has 0 saturated heterocycles. The predicted molar refractivity (Wildman–Crippen MR) is 85.6 cm³/mol. The van der Waals surface area contributed by atoms with Gasteiger partial charge in [0.25, 0.3) is 0 Å². The molecule has 1 heterocycles. The van der Waals surface area contributed by atoms with Crippen LogP contribution in [0, 0.1) is 0 Å². The highest BCUT2D eigenvalue weighted by Gasteiger charge is 2.13. The van der Waals surface area contributed by atoms with Crippen molar-refractivity contribution in [2.75, 3.05) is 5.73 Å². The van der Waals surface area contributed by atoms with Crippen molar-refractivity contribution in [2.24, 2.45) is 0 Å². The lowest BCUT2D eigenvalue weighted by Crippen LogP contribution is -2.01. The van der Waals surface area contributed by atoms with Crippen LogP contribution >= 0.6 is 0 Å². The minimum atomic E-state index is 0.872. The molecule has 0 radical (unpaired) electrons. The third-order valence-corrected chi connectivity index (χ3v) is 3.58. The van der Waals surface area contributed by atoms with Crippen molar-refractivity contribution in [3.05, 3.63) is 60.2 Å². The third-order valence-electron chi connectivity index (χ3n) is 3.58. The maximum atomic E-state index is 6.40. The van der Waals surface area contributed by atoms with E-state index < -0.39 is 0 Å². The third kappa shape index (κ3) is 2.14. The van der Waals surface area contributed by atoms with Crippen LogP contribution in [0.1, 0.15) is 18.9 Å². The van der Waals surface area contributed by atoms with Gasteiger partial charge in [-0.05, 0) is 12.5 Å². The van der Waals surface area contributed by atoms with E-state index in [1.165, 1.54) is 0 Å². The average molecular weight is 262 g/mol. The first-order chi connectivity index (χ1) is 9.81. The number of benzene rings is 2. The lowest BCUT2D eigenvalue weighted by molar-refractivity contribution is 0.922. The second-order valence-corrected chi connectivity index (χ2v) is 4.99.